The van der Waals surface area contributed by atoms with Crippen LogP contribution in [0.4, 0.5) is 4.79 Å². The molecule has 1 aliphatic rings. The van der Waals surface area contributed by atoms with Crippen LogP contribution in [0, 0.1) is 0 Å². The van der Waals surface area contributed by atoms with Crippen LogP contribution in [0.3, 0.4) is 0 Å². The summed E-state index contributed by atoms with van der Waals surface area (Å²) in [5.74, 6) is 0.647. The summed E-state index contributed by atoms with van der Waals surface area (Å²) in [6, 6.07) is 9.87. The molecule has 0 radical (unpaired) electrons. The lowest BCUT2D eigenvalue weighted by Crippen LogP contribution is -2.41. The van der Waals surface area contributed by atoms with Gasteiger partial charge in [-0.3, -0.25) is 0 Å². The van der Waals surface area contributed by atoms with Gasteiger partial charge in [0.1, 0.15) is 6.33 Å². The number of amides is 2. The Kier molecular flexibility index (Phi) is 5.25. The average Bonchev–Trinajstić information content (AvgIpc) is 2.84. The molecule has 0 saturated carbocycles. The van der Waals surface area contributed by atoms with Gasteiger partial charge in [0.2, 0.25) is 5.88 Å². The molecule has 1 aliphatic heterocycles. The number of nitrogens with one attached hydrogen (secondary N) is 1. The molecular formula is C18H22N4O2. The van der Waals surface area contributed by atoms with E-state index >= 15 is 0 Å². The number of aromatic nitrogens is 2. The number of hydrogen-bond acceptors (Lipinski definition) is 4. The Bertz CT molecular complexity index is 691. The van der Waals surface area contributed by atoms with Crippen molar-refractivity contribution in [2.24, 2.45) is 0 Å². The van der Waals surface area contributed by atoms with Gasteiger partial charge in [-0.2, -0.15) is 0 Å². The first-order valence-electron chi connectivity index (χ1n) is 8.30. The predicted molar refractivity (Wildman–Crippen MR) is 90.9 cm³/mol. The minimum absolute atomic E-state index is 0.0439. The number of ether oxygens (including phenoxy) is 1. The normalized spacial score (nSPS) is 13.8. The van der Waals surface area contributed by atoms with Crippen LogP contribution < -0.4 is 10.1 Å². The summed E-state index contributed by atoms with van der Waals surface area (Å²) >= 11 is 0. The number of carbonyl (C=O) groups excluding carboxylic acids is 1. The van der Waals surface area contributed by atoms with E-state index in [4.69, 9.17) is 4.74 Å². The van der Waals surface area contributed by atoms with Gasteiger partial charge in [-0.15, -0.1) is 0 Å². The topological polar surface area (TPSA) is 67.4 Å². The number of carbonyl (C=O) groups is 1. The van der Waals surface area contributed by atoms with Crippen molar-refractivity contribution in [3.05, 3.63) is 53.5 Å². The van der Waals surface area contributed by atoms with Gasteiger partial charge in [0, 0.05) is 31.6 Å². The molecule has 0 bridgehead atoms. The molecule has 6 nitrogen and oxygen atoms in total. The van der Waals surface area contributed by atoms with Crippen molar-refractivity contribution in [3.8, 4) is 5.88 Å². The highest BCUT2D eigenvalue weighted by molar-refractivity contribution is 5.74. The predicted octanol–water partition coefficient (Wildman–Crippen LogP) is 2.19. The fraction of sp³-hybridized carbons (Fsp3) is 0.389. The maximum absolute atomic E-state index is 12.4. The number of hydrogen-bond donors (Lipinski definition) is 1. The summed E-state index contributed by atoms with van der Waals surface area (Å²) in [4.78, 5) is 22.8. The highest BCUT2D eigenvalue weighted by Gasteiger charge is 2.22. The Morgan fingerprint density at radius 1 is 1.21 bits per heavy atom. The quantitative estimate of drug-likeness (QED) is 0.935. The highest BCUT2D eigenvalue weighted by atomic mass is 16.5. The second-order valence-electron chi connectivity index (χ2n) is 5.67. The van der Waals surface area contributed by atoms with E-state index in [1.807, 2.05) is 42.2 Å². The molecule has 1 N–H and O–H groups in total. The van der Waals surface area contributed by atoms with Crippen LogP contribution in [0.15, 0.2) is 36.7 Å². The van der Waals surface area contributed by atoms with Crippen molar-refractivity contribution in [1.29, 1.82) is 0 Å². The number of fused-ring (bicyclic) bond motifs is 1. The van der Waals surface area contributed by atoms with Crippen molar-refractivity contribution in [3.63, 3.8) is 0 Å². The second kappa shape index (κ2) is 7.77. The van der Waals surface area contributed by atoms with Crippen molar-refractivity contribution < 1.29 is 9.53 Å². The van der Waals surface area contributed by atoms with Gasteiger partial charge in [-0.25, -0.2) is 14.8 Å². The molecule has 2 heterocycles. The molecule has 126 valence electrons. The summed E-state index contributed by atoms with van der Waals surface area (Å²) in [5, 5.41) is 2.98. The first-order chi connectivity index (χ1) is 11.8. The van der Waals surface area contributed by atoms with E-state index in [0.717, 1.165) is 23.2 Å². The lowest BCUT2D eigenvalue weighted by atomic mass is 10.1. The smallest absolute Gasteiger partial charge is 0.317 e. The third-order valence-corrected chi connectivity index (χ3v) is 4.10. The standard InChI is InChI=1S/C18H22N4O2/c1-2-24-17-15-8-10-22(11-9-16(15)20-13-21-17)18(23)19-12-14-6-4-3-5-7-14/h3-7,13H,2,8-12H2,1H3,(H,19,23). The van der Waals surface area contributed by atoms with E-state index in [0.29, 0.717) is 38.5 Å². The maximum Gasteiger partial charge on any atom is 0.317 e. The summed E-state index contributed by atoms with van der Waals surface area (Å²) in [7, 11) is 0. The van der Waals surface area contributed by atoms with E-state index in [-0.39, 0.29) is 6.03 Å². The maximum atomic E-state index is 12.4. The number of rotatable bonds is 4. The second-order valence-corrected chi connectivity index (χ2v) is 5.67. The molecular weight excluding hydrogens is 304 g/mol. The number of urea groups is 1. The zero-order valence-electron chi connectivity index (χ0n) is 13.9. The Balaban J connectivity index is 1.61. The van der Waals surface area contributed by atoms with Crippen molar-refractivity contribution in [2.75, 3.05) is 19.7 Å². The molecule has 24 heavy (non-hydrogen) atoms. The minimum atomic E-state index is -0.0439. The molecule has 1 aromatic heterocycles. The zero-order chi connectivity index (χ0) is 16.8. The van der Waals surface area contributed by atoms with Crippen molar-refractivity contribution in [1.82, 2.24) is 20.2 Å². The monoisotopic (exact) mass is 326 g/mol. The number of nitrogens with zero attached hydrogens (tertiary/aromatic N) is 3. The van der Waals surface area contributed by atoms with Crippen LogP contribution >= 0.6 is 0 Å². The number of benzene rings is 1. The van der Waals surface area contributed by atoms with E-state index < -0.39 is 0 Å². The fourth-order valence-electron chi connectivity index (χ4n) is 2.85. The highest BCUT2D eigenvalue weighted by Crippen LogP contribution is 2.22. The van der Waals surface area contributed by atoms with Crippen molar-refractivity contribution in [2.45, 2.75) is 26.3 Å². The Morgan fingerprint density at radius 2 is 2.00 bits per heavy atom. The first-order valence-corrected chi connectivity index (χ1v) is 8.30. The lowest BCUT2D eigenvalue weighted by Gasteiger charge is -2.20. The molecule has 0 fully saturated rings. The van der Waals surface area contributed by atoms with Crippen LogP contribution in [0.2, 0.25) is 0 Å². The van der Waals surface area contributed by atoms with Crippen LogP contribution in [-0.4, -0.2) is 40.6 Å². The van der Waals surface area contributed by atoms with E-state index in [1.54, 1.807) is 0 Å². The molecule has 1 aromatic carbocycles. The summed E-state index contributed by atoms with van der Waals surface area (Å²) in [5.41, 5.74) is 3.10. The van der Waals surface area contributed by atoms with Crippen LogP contribution in [0.1, 0.15) is 23.7 Å². The Labute approximate surface area is 141 Å². The fourth-order valence-corrected chi connectivity index (χ4v) is 2.85. The molecule has 0 unspecified atom stereocenters. The van der Waals surface area contributed by atoms with Crippen LogP contribution in [0.5, 0.6) is 5.88 Å². The van der Waals surface area contributed by atoms with Crippen molar-refractivity contribution >= 4 is 6.03 Å². The van der Waals surface area contributed by atoms with Crippen LogP contribution in [0.25, 0.3) is 0 Å². The van der Waals surface area contributed by atoms with Gasteiger partial charge in [0.25, 0.3) is 0 Å². The molecule has 3 rings (SSSR count). The lowest BCUT2D eigenvalue weighted by molar-refractivity contribution is 0.199. The molecule has 0 saturated heterocycles. The summed E-state index contributed by atoms with van der Waals surface area (Å²) in [6.07, 6.45) is 2.97. The van der Waals surface area contributed by atoms with E-state index in [1.165, 1.54) is 6.33 Å². The molecule has 2 amide bonds. The largest absolute Gasteiger partial charge is 0.478 e. The molecule has 0 aliphatic carbocycles. The molecule has 2 aromatic rings. The van der Waals surface area contributed by atoms with Gasteiger partial charge >= 0.3 is 6.03 Å². The third kappa shape index (κ3) is 3.82. The molecule has 0 atom stereocenters. The summed E-state index contributed by atoms with van der Waals surface area (Å²) in [6.45, 7) is 4.34. The molecule has 6 heteroatoms. The van der Waals surface area contributed by atoms with Gasteiger partial charge < -0.3 is 15.0 Å². The van der Waals surface area contributed by atoms with E-state index in [9.17, 15) is 4.79 Å². The average molecular weight is 326 g/mol. The Hall–Kier alpha value is -2.63. The third-order valence-electron chi connectivity index (χ3n) is 4.10. The van der Waals surface area contributed by atoms with Gasteiger partial charge in [0.15, 0.2) is 0 Å². The summed E-state index contributed by atoms with van der Waals surface area (Å²) < 4.78 is 5.59. The zero-order valence-corrected chi connectivity index (χ0v) is 13.9. The van der Waals surface area contributed by atoms with Crippen LogP contribution in [-0.2, 0) is 19.4 Å². The Morgan fingerprint density at radius 3 is 2.79 bits per heavy atom. The minimum Gasteiger partial charge on any atom is -0.478 e. The first kappa shape index (κ1) is 16.2. The van der Waals surface area contributed by atoms with Gasteiger partial charge in [-0.1, -0.05) is 30.3 Å². The van der Waals surface area contributed by atoms with Gasteiger partial charge in [-0.05, 0) is 18.9 Å². The van der Waals surface area contributed by atoms with Gasteiger partial charge in [0.05, 0.1) is 12.3 Å². The SMILES string of the molecule is CCOc1ncnc2c1CCN(C(=O)NCc1ccccc1)CC2. The molecule has 0 spiro atoms. The van der Waals surface area contributed by atoms with E-state index in [2.05, 4.69) is 15.3 Å².